The summed E-state index contributed by atoms with van der Waals surface area (Å²) >= 11 is 3.20. The Kier molecular flexibility index (Phi) is 5.46. The highest BCUT2D eigenvalue weighted by molar-refractivity contribution is 8.01. The predicted molar refractivity (Wildman–Crippen MR) is 97.4 cm³/mol. The topological polar surface area (TPSA) is 47.3 Å². The molecule has 120 valence electrons. The molecule has 0 amide bonds. The van der Waals surface area contributed by atoms with E-state index in [1.807, 2.05) is 30.3 Å². The van der Waals surface area contributed by atoms with Crippen LogP contribution in [0.5, 0.6) is 0 Å². The number of benzene rings is 1. The van der Waals surface area contributed by atoms with Crippen molar-refractivity contribution in [3.63, 3.8) is 0 Å². The summed E-state index contributed by atoms with van der Waals surface area (Å²) in [5.74, 6) is 1.04. The molecule has 0 fully saturated rings. The van der Waals surface area contributed by atoms with E-state index in [4.69, 9.17) is 0 Å². The van der Waals surface area contributed by atoms with Gasteiger partial charge in [0.1, 0.15) is 0 Å². The maximum Gasteiger partial charge on any atom is 0.275 e. The van der Waals surface area contributed by atoms with Gasteiger partial charge >= 0.3 is 0 Å². The van der Waals surface area contributed by atoms with Gasteiger partial charge in [-0.25, -0.2) is 4.98 Å². The largest absolute Gasteiger partial charge is 0.275 e. The van der Waals surface area contributed by atoms with Gasteiger partial charge in [-0.05, 0) is 6.42 Å². The smallest absolute Gasteiger partial charge is 0.267 e. The molecule has 0 aliphatic heterocycles. The van der Waals surface area contributed by atoms with Crippen LogP contribution in [0, 0.1) is 0 Å². The van der Waals surface area contributed by atoms with Crippen LogP contribution in [-0.4, -0.2) is 20.4 Å². The summed E-state index contributed by atoms with van der Waals surface area (Å²) in [6, 6.07) is 11.3. The van der Waals surface area contributed by atoms with Crippen molar-refractivity contribution in [2.45, 2.75) is 36.9 Å². The molecule has 4 nitrogen and oxygen atoms in total. The third-order valence-electron chi connectivity index (χ3n) is 3.52. The molecule has 0 unspecified atom stereocenters. The first-order valence-corrected chi connectivity index (χ1v) is 9.67. The molecule has 0 atom stereocenters. The van der Waals surface area contributed by atoms with Gasteiger partial charge in [0.15, 0.2) is 4.34 Å². The van der Waals surface area contributed by atoms with Crippen LogP contribution in [-0.2, 0) is 0 Å². The predicted octanol–water partition coefficient (Wildman–Crippen LogP) is 4.49. The third kappa shape index (κ3) is 4.00. The fourth-order valence-electron chi connectivity index (χ4n) is 2.30. The molecule has 2 aromatic heterocycles. The van der Waals surface area contributed by atoms with E-state index in [1.54, 1.807) is 17.8 Å². The molecule has 3 rings (SSSR count). The highest BCUT2D eigenvalue weighted by atomic mass is 32.2. The number of rotatable bonds is 7. The van der Waals surface area contributed by atoms with E-state index in [9.17, 15) is 4.79 Å². The molecule has 0 bridgehead atoms. The van der Waals surface area contributed by atoms with Crippen molar-refractivity contribution in [2.24, 2.45) is 0 Å². The first-order valence-electron chi connectivity index (χ1n) is 7.87. The summed E-state index contributed by atoms with van der Waals surface area (Å²) < 4.78 is 2.32. The van der Waals surface area contributed by atoms with Gasteiger partial charge < -0.3 is 0 Å². The van der Waals surface area contributed by atoms with Crippen LogP contribution in [0.2, 0.25) is 0 Å². The number of aromatic nitrogens is 3. The van der Waals surface area contributed by atoms with Crippen LogP contribution < -0.4 is 5.56 Å². The van der Waals surface area contributed by atoms with Crippen molar-refractivity contribution in [3.8, 4) is 11.3 Å². The lowest BCUT2D eigenvalue weighted by atomic mass is 10.1. The Bertz CT molecular complexity index is 827. The molecule has 0 saturated carbocycles. The second-order valence-electron chi connectivity index (χ2n) is 5.32. The summed E-state index contributed by atoms with van der Waals surface area (Å²) in [6.07, 6.45) is 4.96. The van der Waals surface area contributed by atoms with Crippen LogP contribution in [0.25, 0.3) is 16.2 Å². The average molecular weight is 345 g/mol. The summed E-state index contributed by atoms with van der Waals surface area (Å²) in [6.45, 7) is 2.21. The highest BCUT2D eigenvalue weighted by Crippen LogP contribution is 2.25. The normalized spacial score (nSPS) is 11.2. The third-order valence-corrected chi connectivity index (χ3v) is 5.65. The minimum Gasteiger partial charge on any atom is -0.267 e. The summed E-state index contributed by atoms with van der Waals surface area (Å²) in [5, 5.41) is 4.39. The van der Waals surface area contributed by atoms with Gasteiger partial charge in [0.05, 0.1) is 5.69 Å². The maximum atomic E-state index is 12.3. The van der Waals surface area contributed by atoms with E-state index >= 15 is 0 Å². The number of hydrogen-bond donors (Lipinski definition) is 0. The first kappa shape index (κ1) is 16.2. The van der Waals surface area contributed by atoms with Gasteiger partial charge in [0, 0.05) is 17.4 Å². The molecule has 23 heavy (non-hydrogen) atoms. The van der Waals surface area contributed by atoms with Crippen molar-refractivity contribution >= 4 is 28.1 Å². The second kappa shape index (κ2) is 7.75. The molecule has 0 spiro atoms. The number of unbranched alkanes of at least 4 members (excludes halogenated alkanes) is 3. The van der Waals surface area contributed by atoms with Gasteiger partial charge in [-0.1, -0.05) is 79.6 Å². The number of nitrogens with zero attached hydrogens (tertiary/aromatic N) is 3. The van der Waals surface area contributed by atoms with Gasteiger partial charge in [-0.15, -0.1) is 5.10 Å². The van der Waals surface area contributed by atoms with E-state index in [-0.39, 0.29) is 5.56 Å². The lowest BCUT2D eigenvalue weighted by molar-refractivity contribution is 0.706. The van der Waals surface area contributed by atoms with Crippen LogP contribution in [0.1, 0.15) is 32.6 Å². The lowest BCUT2D eigenvalue weighted by Crippen LogP contribution is -2.14. The van der Waals surface area contributed by atoms with E-state index in [0.717, 1.165) is 15.7 Å². The Balaban J connectivity index is 1.80. The zero-order valence-corrected chi connectivity index (χ0v) is 14.7. The minimum absolute atomic E-state index is 0.122. The second-order valence-corrected chi connectivity index (χ2v) is 7.62. The van der Waals surface area contributed by atoms with Crippen molar-refractivity contribution < 1.29 is 0 Å². The van der Waals surface area contributed by atoms with Crippen LogP contribution in [0.4, 0.5) is 0 Å². The molecule has 0 saturated heterocycles. The molecule has 0 aliphatic rings. The standard InChI is InChI=1S/C17H19N3OS2/c1-2-3-4-8-11-22-17-19-20-15(21)12-14(18-16(20)23-17)13-9-6-5-7-10-13/h5-7,9-10,12H,2-4,8,11H2,1H3. The zero-order valence-electron chi connectivity index (χ0n) is 13.1. The number of fused-ring (bicyclic) bond motifs is 1. The zero-order chi connectivity index (χ0) is 16.1. The lowest BCUT2D eigenvalue weighted by Gasteiger charge is -1.99. The number of thioether (sulfide) groups is 1. The SMILES string of the molecule is CCCCCCSc1nn2c(=O)cc(-c3ccccc3)nc2s1. The van der Waals surface area contributed by atoms with Gasteiger partial charge in [-0.2, -0.15) is 4.52 Å². The molecular weight excluding hydrogens is 326 g/mol. The summed E-state index contributed by atoms with van der Waals surface area (Å²) in [4.78, 5) is 17.5. The molecule has 6 heteroatoms. The Morgan fingerprint density at radius 2 is 2.00 bits per heavy atom. The average Bonchev–Trinajstić information content (AvgIpc) is 2.99. The molecule has 3 aromatic rings. The molecule has 0 aliphatic carbocycles. The highest BCUT2D eigenvalue weighted by Gasteiger charge is 2.10. The van der Waals surface area contributed by atoms with Gasteiger partial charge in [-0.3, -0.25) is 4.79 Å². The molecule has 0 radical (unpaired) electrons. The Hall–Kier alpha value is -1.66. The fraction of sp³-hybridized carbons (Fsp3) is 0.353. The monoisotopic (exact) mass is 345 g/mol. The van der Waals surface area contributed by atoms with Crippen molar-refractivity contribution in [1.29, 1.82) is 0 Å². The van der Waals surface area contributed by atoms with Gasteiger partial charge in [0.25, 0.3) is 5.56 Å². The molecule has 0 N–H and O–H groups in total. The molecule has 1 aromatic carbocycles. The van der Waals surface area contributed by atoms with Gasteiger partial charge in [0.2, 0.25) is 4.96 Å². The Labute approximate surface area is 143 Å². The van der Waals surface area contributed by atoms with Crippen LogP contribution in [0.15, 0.2) is 45.5 Å². The van der Waals surface area contributed by atoms with Crippen LogP contribution in [0.3, 0.4) is 0 Å². The van der Waals surface area contributed by atoms with E-state index in [1.165, 1.54) is 41.5 Å². The van der Waals surface area contributed by atoms with Crippen LogP contribution >= 0.6 is 23.1 Å². The Morgan fingerprint density at radius 1 is 1.17 bits per heavy atom. The van der Waals surface area contributed by atoms with E-state index in [0.29, 0.717) is 10.7 Å². The maximum absolute atomic E-state index is 12.3. The van der Waals surface area contributed by atoms with Crippen molar-refractivity contribution in [3.05, 3.63) is 46.8 Å². The summed E-state index contributed by atoms with van der Waals surface area (Å²) in [5.41, 5.74) is 1.54. The minimum atomic E-state index is -0.122. The first-order chi connectivity index (χ1) is 11.3. The Morgan fingerprint density at radius 3 is 2.78 bits per heavy atom. The molecule has 2 heterocycles. The van der Waals surface area contributed by atoms with E-state index in [2.05, 4.69) is 17.0 Å². The fourth-order valence-corrected chi connectivity index (χ4v) is 4.31. The van der Waals surface area contributed by atoms with Crippen molar-refractivity contribution in [2.75, 3.05) is 5.75 Å². The van der Waals surface area contributed by atoms with Crippen molar-refractivity contribution in [1.82, 2.24) is 14.6 Å². The molecular formula is C17H19N3OS2. The van der Waals surface area contributed by atoms with E-state index < -0.39 is 0 Å². The quantitative estimate of drug-likeness (QED) is 0.467. The number of hydrogen-bond acceptors (Lipinski definition) is 5. The summed E-state index contributed by atoms with van der Waals surface area (Å²) in [7, 11) is 0.